The average molecular weight is 267 g/mol. The number of hydrogen-bond acceptors (Lipinski definition) is 4. The number of nitriles is 1. The van der Waals surface area contributed by atoms with Crippen molar-refractivity contribution >= 4 is 5.69 Å². The summed E-state index contributed by atoms with van der Waals surface area (Å²) in [6, 6.07) is 17.4. The number of nitrogens with zero attached hydrogens (tertiary/aromatic N) is 2. The lowest BCUT2D eigenvalue weighted by Crippen LogP contribution is -2.19. The molecule has 0 aliphatic heterocycles. The fourth-order valence-corrected chi connectivity index (χ4v) is 1.84. The Labute approximate surface area is 116 Å². The van der Waals surface area contributed by atoms with E-state index in [9.17, 15) is 15.4 Å². The number of hydrogen-bond donors (Lipinski definition) is 1. The Hall–Kier alpha value is -2.71. The van der Waals surface area contributed by atoms with E-state index in [0.29, 0.717) is 12.1 Å². The van der Waals surface area contributed by atoms with Crippen LogP contribution in [0.5, 0.6) is 0 Å². The molecule has 0 bridgehead atoms. The summed E-state index contributed by atoms with van der Waals surface area (Å²) >= 11 is 0. The molecule has 5 nitrogen and oxygen atoms in total. The molecular weight excluding hydrogens is 254 g/mol. The monoisotopic (exact) mass is 267 g/mol. The van der Waals surface area contributed by atoms with Crippen LogP contribution in [0.4, 0.5) is 5.69 Å². The molecule has 2 aromatic rings. The van der Waals surface area contributed by atoms with E-state index in [2.05, 4.69) is 11.4 Å². The zero-order chi connectivity index (χ0) is 14.4. The number of nitro benzene ring substituents is 1. The van der Waals surface area contributed by atoms with Crippen LogP contribution in [0.2, 0.25) is 0 Å². The lowest BCUT2D eigenvalue weighted by atomic mass is 10.1. The molecule has 100 valence electrons. The van der Waals surface area contributed by atoms with Crippen LogP contribution in [0.15, 0.2) is 54.6 Å². The molecule has 0 heterocycles. The van der Waals surface area contributed by atoms with Gasteiger partial charge < -0.3 is 0 Å². The van der Waals surface area contributed by atoms with Gasteiger partial charge in [-0.2, -0.15) is 5.26 Å². The third kappa shape index (κ3) is 3.40. The van der Waals surface area contributed by atoms with E-state index in [0.717, 1.165) is 5.56 Å². The summed E-state index contributed by atoms with van der Waals surface area (Å²) in [4.78, 5) is 10.1. The molecule has 0 amide bonds. The van der Waals surface area contributed by atoms with Gasteiger partial charge in [-0.15, -0.1) is 0 Å². The van der Waals surface area contributed by atoms with Crippen molar-refractivity contribution in [1.29, 1.82) is 5.26 Å². The standard InChI is InChI=1S/C15H13N3O2/c16-10-15(17-11-12-4-2-1-3-5-12)13-6-8-14(9-7-13)18(19)20/h1-9,15,17H,11H2. The fraction of sp³-hybridized carbons (Fsp3) is 0.133. The van der Waals surface area contributed by atoms with Crippen LogP contribution < -0.4 is 5.32 Å². The second-order valence-corrected chi connectivity index (χ2v) is 4.28. The number of rotatable bonds is 5. The van der Waals surface area contributed by atoms with Crippen LogP contribution in [-0.4, -0.2) is 4.92 Å². The first-order valence-corrected chi connectivity index (χ1v) is 6.12. The second kappa shape index (κ2) is 6.45. The van der Waals surface area contributed by atoms with Crippen molar-refractivity contribution in [1.82, 2.24) is 5.32 Å². The maximum absolute atomic E-state index is 10.6. The highest BCUT2D eigenvalue weighted by molar-refractivity contribution is 5.36. The summed E-state index contributed by atoms with van der Waals surface area (Å²) in [5.41, 5.74) is 1.82. The van der Waals surface area contributed by atoms with Crippen LogP contribution in [0.1, 0.15) is 17.2 Å². The SMILES string of the molecule is N#CC(NCc1ccccc1)c1ccc([N+](=O)[O-])cc1. The molecule has 0 saturated carbocycles. The summed E-state index contributed by atoms with van der Waals surface area (Å²) < 4.78 is 0. The van der Waals surface area contributed by atoms with Gasteiger partial charge in [0.1, 0.15) is 6.04 Å². The minimum absolute atomic E-state index is 0.0218. The van der Waals surface area contributed by atoms with Crippen molar-refractivity contribution < 1.29 is 4.92 Å². The first-order valence-electron chi connectivity index (χ1n) is 6.12. The van der Waals surface area contributed by atoms with E-state index in [1.54, 1.807) is 12.1 Å². The number of benzene rings is 2. The Kier molecular flexibility index (Phi) is 4.43. The third-order valence-corrected chi connectivity index (χ3v) is 2.92. The molecular formula is C15H13N3O2. The molecule has 1 atom stereocenters. The molecule has 1 N–H and O–H groups in total. The van der Waals surface area contributed by atoms with E-state index < -0.39 is 11.0 Å². The minimum atomic E-state index is -0.490. The third-order valence-electron chi connectivity index (χ3n) is 2.92. The summed E-state index contributed by atoms with van der Waals surface area (Å²) in [6.07, 6.45) is 0. The van der Waals surface area contributed by atoms with E-state index in [1.165, 1.54) is 12.1 Å². The fourth-order valence-electron chi connectivity index (χ4n) is 1.84. The molecule has 0 aromatic heterocycles. The van der Waals surface area contributed by atoms with E-state index in [-0.39, 0.29) is 5.69 Å². The van der Waals surface area contributed by atoms with Gasteiger partial charge in [0, 0.05) is 18.7 Å². The van der Waals surface area contributed by atoms with Crippen molar-refractivity contribution in [2.24, 2.45) is 0 Å². The first-order chi connectivity index (χ1) is 9.70. The Morgan fingerprint density at radius 1 is 1.15 bits per heavy atom. The topological polar surface area (TPSA) is 79.0 Å². The quantitative estimate of drug-likeness (QED) is 0.667. The first kappa shape index (κ1) is 13.7. The van der Waals surface area contributed by atoms with Crippen molar-refractivity contribution in [3.8, 4) is 6.07 Å². The summed E-state index contributed by atoms with van der Waals surface area (Å²) in [7, 11) is 0. The van der Waals surface area contributed by atoms with Gasteiger partial charge in [0.05, 0.1) is 11.0 Å². The average Bonchev–Trinajstić information content (AvgIpc) is 2.49. The zero-order valence-electron chi connectivity index (χ0n) is 10.7. The van der Waals surface area contributed by atoms with Crippen molar-refractivity contribution in [2.45, 2.75) is 12.6 Å². The maximum atomic E-state index is 10.6. The van der Waals surface area contributed by atoms with Gasteiger partial charge in [-0.3, -0.25) is 15.4 Å². The normalized spacial score (nSPS) is 11.6. The van der Waals surface area contributed by atoms with Crippen LogP contribution >= 0.6 is 0 Å². The lowest BCUT2D eigenvalue weighted by Gasteiger charge is -2.11. The largest absolute Gasteiger partial charge is 0.294 e. The van der Waals surface area contributed by atoms with Gasteiger partial charge in [-0.1, -0.05) is 30.3 Å². The number of nitrogens with one attached hydrogen (secondary N) is 1. The van der Waals surface area contributed by atoms with Gasteiger partial charge in [-0.25, -0.2) is 0 Å². The molecule has 2 aromatic carbocycles. The second-order valence-electron chi connectivity index (χ2n) is 4.28. The molecule has 1 unspecified atom stereocenters. The highest BCUT2D eigenvalue weighted by atomic mass is 16.6. The number of nitro groups is 1. The molecule has 5 heteroatoms. The maximum Gasteiger partial charge on any atom is 0.269 e. The Bertz CT molecular complexity index is 618. The predicted molar refractivity (Wildman–Crippen MR) is 74.7 cm³/mol. The van der Waals surface area contributed by atoms with E-state index >= 15 is 0 Å². The molecule has 0 aliphatic rings. The summed E-state index contributed by atoms with van der Waals surface area (Å²) in [5.74, 6) is 0. The number of non-ortho nitro benzene ring substituents is 1. The van der Waals surface area contributed by atoms with Crippen LogP contribution in [0, 0.1) is 21.4 Å². The highest BCUT2D eigenvalue weighted by Crippen LogP contribution is 2.17. The minimum Gasteiger partial charge on any atom is -0.294 e. The van der Waals surface area contributed by atoms with Gasteiger partial charge >= 0.3 is 0 Å². The smallest absolute Gasteiger partial charge is 0.269 e. The summed E-state index contributed by atoms with van der Waals surface area (Å²) in [5, 5.41) is 22.9. The van der Waals surface area contributed by atoms with Gasteiger partial charge in [0.25, 0.3) is 5.69 Å². The van der Waals surface area contributed by atoms with E-state index in [1.807, 2.05) is 30.3 Å². The lowest BCUT2D eigenvalue weighted by molar-refractivity contribution is -0.384. The van der Waals surface area contributed by atoms with Crippen molar-refractivity contribution in [3.63, 3.8) is 0 Å². The Balaban J connectivity index is 2.05. The van der Waals surface area contributed by atoms with Gasteiger partial charge in [0.2, 0.25) is 0 Å². The molecule has 0 aliphatic carbocycles. The highest BCUT2D eigenvalue weighted by Gasteiger charge is 2.12. The molecule has 20 heavy (non-hydrogen) atoms. The van der Waals surface area contributed by atoms with Gasteiger partial charge in [-0.05, 0) is 23.3 Å². The molecule has 0 radical (unpaired) electrons. The molecule has 0 spiro atoms. The van der Waals surface area contributed by atoms with E-state index in [4.69, 9.17) is 0 Å². The molecule has 0 fully saturated rings. The van der Waals surface area contributed by atoms with Crippen molar-refractivity contribution in [2.75, 3.05) is 0 Å². The summed E-state index contributed by atoms with van der Waals surface area (Å²) in [6.45, 7) is 0.566. The zero-order valence-corrected chi connectivity index (χ0v) is 10.7. The van der Waals surface area contributed by atoms with Gasteiger partial charge in [0.15, 0.2) is 0 Å². The van der Waals surface area contributed by atoms with Crippen LogP contribution in [0.25, 0.3) is 0 Å². The van der Waals surface area contributed by atoms with Crippen LogP contribution in [0.3, 0.4) is 0 Å². The Morgan fingerprint density at radius 2 is 1.80 bits per heavy atom. The predicted octanol–water partition coefficient (Wildman–Crippen LogP) is 2.95. The van der Waals surface area contributed by atoms with Crippen molar-refractivity contribution in [3.05, 3.63) is 75.8 Å². The molecule has 0 saturated heterocycles. The molecule has 2 rings (SSSR count). The Morgan fingerprint density at radius 3 is 2.35 bits per heavy atom. The van der Waals surface area contributed by atoms with Crippen LogP contribution in [-0.2, 0) is 6.54 Å².